The van der Waals surface area contributed by atoms with Crippen LogP contribution in [0.15, 0.2) is 30.3 Å². The van der Waals surface area contributed by atoms with Crippen molar-refractivity contribution in [1.29, 1.82) is 0 Å². The van der Waals surface area contributed by atoms with E-state index in [0.717, 1.165) is 0 Å². The van der Waals surface area contributed by atoms with Gasteiger partial charge in [0.25, 0.3) is 6.57 Å². The molecular formula is C6H7O2PS2. The lowest BCUT2D eigenvalue weighted by molar-refractivity contribution is 0.508. The first-order valence-electron chi connectivity index (χ1n) is 2.88. The lowest BCUT2D eigenvalue weighted by Gasteiger charge is -2.05. The van der Waals surface area contributed by atoms with E-state index in [4.69, 9.17) is 0 Å². The summed E-state index contributed by atoms with van der Waals surface area (Å²) in [6, 6.07) is 8.48. The first-order chi connectivity index (χ1) is 5.17. The Morgan fingerprint density at radius 1 is 1.36 bits per heavy atom. The van der Waals surface area contributed by atoms with Crippen molar-refractivity contribution in [3.63, 3.8) is 0 Å². The van der Waals surface area contributed by atoms with Gasteiger partial charge in [-0.25, -0.2) is 0 Å². The Bertz CT molecular complexity index is 275. The molecule has 0 aliphatic rings. The van der Waals surface area contributed by atoms with E-state index in [1.807, 2.05) is 0 Å². The van der Waals surface area contributed by atoms with E-state index in [0.29, 0.717) is 15.7 Å². The minimum Gasteiger partial charge on any atom is -0.333 e. The molecule has 1 atom stereocenters. The molecule has 1 aromatic carbocycles. The summed E-state index contributed by atoms with van der Waals surface area (Å²) < 4.78 is 11.2. The van der Waals surface area contributed by atoms with Crippen molar-refractivity contribution >= 4 is 33.9 Å². The third-order valence-corrected chi connectivity index (χ3v) is 5.65. The second kappa shape index (κ2) is 3.68. The summed E-state index contributed by atoms with van der Waals surface area (Å²) in [5.41, 5.74) is 0. The maximum atomic E-state index is 11.2. The fourth-order valence-electron chi connectivity index (χ4n) is 0.664. The summed E-state index contributed by atoms with van der Waals surface area (Å²) in [5.74, 6) is 0. The Labute approximate surface area is 74.0 Å². The van der Waals surface area contributed by atoms with Gasteiger partial charge in [0.15, 0.2) is 0 Å². The zero-order valence-electron chi connectivity index (χ0n) is 5.54. The van der Waals surface area contributed by atoms with Crippen molar-refractivity contribution in [3.8, 4) is 0 Å². The van der Waals surface area contributed by atoms with Crippen LogP contribution < -0.4 is 5.30 Å². The van der Waals surface area contributed by atoms with Crippen LogP contribution in [0.4, 0.5) is 0 Å². The summed E-state index contributed by atoms with van der Waals surface area (Å²) in [6.07, 6.45) is 0. The molecule has 0 aliphatic heterocycles. The average molecular weight is 206 g/mol. The molecule has 1 aromatic rings. The zero-order chi connectivity index (χ0) is 8.32. The minimum atomic E-state index is -3.24. The van der Waals surface area contributed by atoms with E-state index < -0.39 is 6.57 Å². The van der Waals surface area contributed by atoms with Crippen LogP contribution in [0.25, 0.3) is 0 Å². The molecule has 0 spiro atoms. The topological polar surface area (TPSA) is 37.3 Å². The van der Waals surface area contributed by atoms with Gasteiger partial charge in [0.1, 0.15) is 0 Å². The van der Waals surface area contributed by atoms with E-state index in [2.05, 4.69) is 11.7 Å². The van der Waals surface area contributed by atoms with E-state index in [1.165, 1.54) is 0 Å². The van der Waals surface area contributed by atoms with E-state index in [-0.39, 0.29) is 0 Å². The van der Waals surface area contributed by atoms with Gasteiger partial charge in [0.05, 0.1) is 0 Å². The molecule has 0 saturated heterocycles. The molecular weight excluding hydrogens is 199 g/mol. The lowest BCUT2D eigenvalue weighted by atomic mass is 10.4. The SMILES string of the molecule is O=P(O)(SS)c1ccccc1. The van der Waals surface area contributed by atoms with Gasteiger partial charge in [-0.05, 0) is 12.1 Å². The maximum Gasteiger partial charge on any atom is 0.294 e. The Morgan fingerprint density at radius 2 is 1.91 bits per heavy atom. The summed E-state index contributed by atoms with van der Waals surface area (Å²) in [5, 5.41) is 0.431. The smallest absolute Gasteiger partial charge is 0.294 e. The number of benzene rings is 1. The molecule has 0 aliphatic carbocycles. The Balaban J connectivity index is 3.03. The molecule has 5 heteroatoms. The van der Waals surface area contributed by atoms with Crippen molar-refractivity contribution in [2.24, 2.45) is 0 Å². The molecule has 1 rings (SSSR count). The quantitative estimate of drug-likeness (QED) is 0.442. The predicted octanol–water partition coefficient (Wildman–Crippen LogP) is 2.08. The normalized spacial score (nSPS) is 15.8. The molecule has 0 radical (unpaired) electrons. The van der Waals surface area contributed by atoms with Crippen molar-refractivity contribution in [1.82, 2.24) is 0 Å². The highest BCUT2D eigenvalue weighted by Gasteiger charge is 2.19. The van der Waals surface area contributed by atoms with Gasteiger partial charge in [0, 0.05) is 15.7 Å². The third kappa shape index (κ3) is 2.27. The Morgan fingerprint density at radius 3 is 2.36 bits per heavy atom. The molecule has 0 fully saturated rings. The van der Waals surface area contributed by atoms with Crippen LogP contribution in [0.3, 0.4) is 0 Å². The van der Waals surface area contributed by atoms with Gasteiger partial charge in [-0.15, -0.1) is 11.7 Å². The van der Waals surface area contributed by atoms with Crippen LogP contribution in [0.5, 0.6) is 0 Å². The van der Waals surface area contributed by atoms with Crippen LogP contribution in [0.1, 0.15) is 0 Å². The van der Waals surface area contributed by atoms with Crippen molar-refractivity contribution in [3.05, 3.63) is 30.3 Å². The monoisotopic (exact) mass is 206 g/mol. The molecule has 0 heterocycles. The van der Waals surface area contributed by atoms with Gasteiger partial charge in [-0.1, -0.05) is 18.2 Å². The highest BCUT2D eigenvalue weighted by molar-refractivity contribution is 8.95. The van der Waals surface area contributed by atoms with Gasteiger partial charge in [-0.3, -0.25) is 4.57 Å². The molecule has 2 nitrogen and oxygen atoms in total. The zero-order valence-corrected chi connectivity index (χ0v) is 8.15. The molecule has 0 bridgehead atoms. The molecule has 0 saturated carbocycles. The minimum absolute atomic E-state index is 0.431. The molecule has 1 N–H and O–H groups in total. The highest BCUT2D eigenvalue weighted by atomic mass is 33.3. The second-order valence-electron chi connectivity index (χ2n) is 1.94. The van der Waals surface area contributed by atoms with Crippen LogP contribution in [-0.2, 0) is 4.57 Å². The Kier molecular flexibility index (Phi) is 3.07. The lowest BCUT2D eigenvalue weighted by Crippen LogP contribution is -1.98. The van der Waals surface area contributed by atoms with Crippen molar-refractivity contribution in [2.45, 2.75) is 0 Å². The van der Waals surface area contributed by atoms with E-state index >= 15 is 0 Å². The van der Waals surface area contributed by atoms with Gasteiger partial charge in [0.2, 0.25) is 0 Å². The van der Waals surface area contributed by atoms with E-state index in [9.17, 15) is 9.46 Å². The summed E-state index contributed by atoms with van der Waals surface area (Å²) in [6.45, 7) is -3.24. The maximum absolute atomic E-state index is 11.2. The fraction of sp³-hybridized carbons (Fsp3) is 0. The predicted molar refractivity (Wildman–Crippen MR) is 52.5 cm³/mol. The van der Waals surface area contributed by atoms with Crippen LogP contribution >= 0.6 is 28.6 Å². The fourth-order valence-corrected chi connectivity index (χ4v) is 2.80. The number of hydrogen-bond donors (Lipinski definition) is 2. The van der Waals surface area contributed by atoms with Crippen LogP contribution in [0, 0.1) is 0 Å². The Hall–Kier alpha value is 0.110. The van der Waals surface area contributed by atoms with Gasteiger partial charge >= 0.3 is 0 Å². The van der Waals surface area contributed by atoms with Gasteiger partial charge in [-0.2, -0.15) is 0 Å². The molecule has 11 heavy (non-hydrogen) atoms. The van der Waals surface area contributed by atoms with Crippen LogP contribution in [-0.4, -0.2) is 4.89 Å². The first-order valence-corrected chi connectivity index (χ1v) is 7.02. The van der Waals surface area contributed by atoms with Crippen molar-refractivity contribution in [2.75, 3.05) is 0 Å². The number of hydrogen-bond acceptors (Lipinski definition) is 3. The highest BCUT2D eigenvalue weighted by Crippen LogP contribution is 2.55. The summed E-state index contributed by atoms with van der Waals surface area (Å²) >= 11 is 3.72. The van der Waals surface area contributed by atoms with E-state index in [1.54, 1.807) is 30.3 Å². The average Bonchev–Trinajstić information content (AvgIpc) is 2.06. The standard InChI is InChI=1S/C6H7O2PS2/c7-9(8,11-10)6-4-2-1-3-5-6/h1-5,10H,(H,7,8). The largest absolute Gasteiger partial charge is 0.333 e. The molecule has 60 valence electrons. The first kappa shape index (κ1) is 9.20. The third-order valence-electron chi connectivity index (χ3n) is 1.19. The number of rotatable bonds is 2. The summed E-state index contributed by atoms with van der Waals surface area (Å²) in [7, 11) is 0.686. The molecule has 0 aromatic heterocycles. The van der Waals surface area contributed by atoms with Crippen LogP contribution in [0.2, 0.25) is 0 Å². The second-order valence-corrected chi connectivity index (χ2v) is 7.10. The summed E-state index contributed by atoms with van der Waals surface area (Å²) in [4.78, 5) is 9.24. The molecule has 0 amide bonds. The van der Waals surface area contributed by atoms with Crippen molar-refractivity contribution < 1.29 is 9.46 Å². The van der Waals surface area contributed by atoms with Gasteiger partial charge < -0.3 is 4.89 Å². The number of thiol groups is 1. The molecule has 1 unspecified atom stereocenters.